The Kier molecular flexibility index (Phi) is 4.07. The second-order valence-electron chi connectivity index (χ2n) is 4.85. The minimum Gasteiger partial charge on any atom is -0.332 e. The lowest BCUT2D eigenvalue weighted by Gasteiger charge is -2.15. The molecule has 1 atom stereocenters. The van der Waals surface area contributed by atoms with Crippen LogP contribution in [0, 0.1) is 5.92 Å². The Hall–Kier alpha value is -0.880. The number of nitrogens with zero attached hydrogens (tertiary/aromatic N) is 2. The summed E-state index contributed by atoms with van der Waals surface area (Å²) in [5, 5.41) is 0.233. The lowest BCUT2D eigenvalue weighted by atomic mass is 10.0. The summed E-state index contributed by atoms with van der Waals surface area (Å²) in [6.45, 7) is 5.37. The maximum absolute atomic E-state index is 12.4. The topological polar surface area (TPSA) is 66.1 Å². The van der Waals surface area contributed by atoms with Crippen LogP contribution >= 0.6 is 0 Å². The number of nitrogens with one attached hydrogen (secondary N) is 1. The number of aromatic amines is 1. The number of hydrogen-bond donors (Lipinski definition) is 1. The summed E-state index contributed by atoms with van der Waals surface area (Å²) in [5.74, 6) is 1.23. The van der Waals surface area contributed by atoms with Crippen molar-refractivity contribution >= 4 is 10.0 Å². The van der Waals surface area contributed by atoms with Crippen LogP contribution in [0.4, 0.5) is 0 Å². The standard InChI is InChI=1S/C12H21N3O2S/c1-3-5-10-6-7-15(9-10)18(16,17)12-8-13-11(4-2)14-12/h8,10H,3-7,9H2,1-2H3,(H,13,14). The summed E-state index contributed by atoms with van der Waals surface area (Å²) in [5.41, 5.74) is 0. The number of rotatable bonds is 5. The fourth-order valence-electron chi connectivity index (χ4n) is 2.45. The second-order valence-corrected chi connectivity index (χ2v) is 6.76. The van der Waals surface area contributed by atoms with Crippen LogP contribution in [0.3, 0.4) is 0 Å². The minimum atomic E-state index is -3.36. The fourth-order valence-corrected chi connectivity index (χ4v) is 3.92. The van der Waals surface area contributed by atoms with E-state index < -0.39 is 10.0 Å². The van der Waals surface area contributed by atoms with Gasteiger partial charge in [-0.3, -0.25) is 0 Å². The first kappa shape index (κ1) is 13.5. The van der Waals surface area contributed by atoms with Crippen molar-refractivity contribution in [3.8, 4) is 0 Å². The molecule has 6 heteroatoms. The molecule has 2 heterocycles. The van der Waals surface area contributed by atoms with Gasteiger partial charge in [0, 0.05) is 19.5 Å². The monoisotopic (exact) mass is 271 g/mol. The van der Waals surface area contributed by atoms with Gasteiger partial charge in [0.2, 0.25) is 0 Å². The molecule has 0 radical (unpaired) electrons. The van der Waals surface area contributed by atoms with Crippen LogP contribution in [0.15, 0.2) is 11.2 Å². The molecule has 1 aromatic heterocycles. The van der Waals surface area contributed by atoms with Crippen molar-refractivity contribution < 1.29 is 8.42 Å². The Balaban J connectivity index is 2.12. The molecule has 0 aromatic carbocycles. The van der Waals surface area contributed by atoms with Crippen molar-refractivity contribution in [2.75, 3.05) is 13.1 Å². The van der Waals surface area contributed by atoms with E-state index in [-0.39, 0.29) is 5.03 Å². The summed E-state index contributed by atoms with van der Waals surface area (Å²) in [6, 6.07) is 0. The Morgan fingerprint density at radius 3 is 2.89 bits per heavy atom. The number of aryl methyl sites for hydroxylation is 1. The summed E-state index contributed by atoms with van der Waals surface area (Å²) in [4.78, 5) is 6.95. The van der Waals surface area contributed by atoms with Crippen LogP contribution in [0.2, 0.25) is 0 Å². The molecule has 0 amide bonds. The van der Waals surface area contributed by atoms with Gasteiger partial charge in [-0.25, -0.2) is 13.4 Å². The highest BCUT2D eigenvalue weighted by molar-refractivity contribution is 7.89. The molecule has 18 heavy (non-hydrogen) atoms. The van der Waals surface area contributed by atoms with E-state index in [0.29, 0.717) is 25.4 Å². The number of sulfonamides is 1. The third-order valence-electron chi connectivity index (χ3n) is 3.50. The molecule has 1 aliphatic heterocycles. The molecular formula is C12H21N3O2S. The molecule has 0 saturated carbocycles. The molecule has 1 N–H and O–H groups in total. The van der Waals surface area contributed by atoms with Gasteiger partial charge in [-0.15, -0.1) is 0 Å². The quantitative estimate of drug-likeness (QED) is 0.887. The van der Waals surface area contributed by atoms with E-state index in [1.165, 1.54) is 6.20 Å². The summed E-state index contributed by atoms with van der Waals surface area (Å²) in [7, 11) is -3.36. The first-order chi connectivity index (χ1) is 8.57. The number of hydrogen-bond acceptors (Lipinski definition) is 3. The van der Waals surface area contributed by atoms with Gasteiger partial charge in [-0.1, -0.05) is 20.3 Å². The van der Waals surface area contributed by atoms with Crippen LogP contribution < -0.4 is 0 Å². The molecule has 2 rings (SSSR count). The highest BCUT2D eigenvalue weighted by Gasteiger charge is 2.33. The van der Waals surface area contributed by atoms with E-state index in [4.69, 9.17) is 0 Å². The maximum Gasteiger partial charge on any atom is 0.260 e. The van der Waals surface area contributed by atoms with Crippen molar-refractivity contribution in [1.29, 1.82) is 0 Å². The van der Waals surface area contributed by atoms with Gasteiger partial charge >= 0.3 is 0 Å². The average molecular weight is 271 g/mol. The maximum atomic E-state index is 12.4. The molecule has 1 aliphatic rings. The molecule has 0 bridgehead atoms. The van der Waals surface area contributed by atoms with Crippen molar-refractivity contribution in [2.45, 2.75) is 44.6 Å². The van der Waals surface area contributed by atoms with E-state index in [9.17, 15) is 8.42 Å². The molecule has 0 spiro atoms. The summed E-state index contributed by atoms with van der Waals surface area (Å²) < 4.78 is 26.3. The third kappa shape index (κ3) is 2.59. The molecular weight excluding hydrogens is 250 g/mol. The van der Waals surface area contributed by atoms with Crippen molar-refractivity contribution in [2.24, 2.45) is 5.92 Å². The third-order valence-corrected chi connectivity index (χ3v) is 5.28. The zero-order valence-electron chi connectivity index (χ0n) is 11.0. The highest BCUT2D eigenvalue weighted by atomic mass is 32.2. The van der Waals surface area contributed by atoms with Crippen molar-refractivity contribution in [1.82, 2.24) is 14.3 Å². The number of H-pyrrole nitrogens is 1. The van der Waals surface area contributed by atoms with Crippen LogP contribution in [0.1, 0.15) is 38.9 Å². The van der Waals surface area contributed by atoms with Crippen LogP contribution in [-0.4, -0.2) is 35.8 Å². The van der Waals surface area contributed by atoms with Gasteiger partial charge in [0.05, 0.1) is 6.20 Å². The smallest absolute Gasteiger partial charge is 0.260 e. The molecule has 5 nitrogen and oxygen atoms in total. The molecule has 1 aromatic rings. The highest BCUT2D eigenvalue weighted by Crippen LogP contribution is 2.26. The molecule has 102 valence electrons. The van der Waals surface area contributed by atoms with Crippen LogP contribution in [-0.2, 0) is 16.4 Å². The fraction of sp³-hybridized carbons (Fsp3) is 0.750. The lowest BCUT2D eigenvalue weighted by Crippen LogP contribution is -2.29. The predicted octanol–water partition coefficient (Wildman–Crippen LogP) is 1.78. The van der Waals surface area contributed by atoms with Gasteiger partial charge < -0.3 is 4.98 Å². The van der Waals surface area contributed by atoms with Gasteiger partial charge in [-0.05, 0) is 18.8 Å². The summed E-state index contributed by atoms with van der Waals surface area (Å²) >= 11 is 0. The van der Waals surface area contributed by atoms with E-state index in [1.807, 2.05) is 6.92 Å². The first-order valence-corrected chi connectivity index (χ1v) is 8.06. The van der Waals surface area contributed by atoms with E-state index in [0.717, 1.165) is 25.1 Å². The SMILES string of the molecule is CCCC1CCN(S(=O)(=O)c2cnc(CC)[nH]2)C1. The Labute approximate surface area is 109 Å². The normalized spacial score (nSPS) is 21.6. The average Bonchev–Trinajstić information content (AvgIpc) is 2.98. The van der Waals surface area contributed by atoms with Crippen LogP contribution in [0.25, 0.3) is 0 Å². The Morgan fingerprint density at radius 1 is 1.50 bits per heavy atom. The van der Waals surface area contributed by atoms with Crippen molar-refractivity contribution in [3.05, 3.63) is 12.0 Å². The molecule has 1 unspecified atom stereocenters. The van der Waals surface area contributed by atoms with Gasteiger partial charge in [-0.2, -0.15) is 4.31 Å². The van der Waals surface area contributed by atoms with Gasteiger partial charge in [0.1, 0.15) is 5.82 Å². The van der Waals surface area contributed by atoms with Crippen molar-refractivity contribution in [3.63, 3.8) is 0 Å². The molecule has 0 aliphatic carbocycles. The second kappa shape index (κ2) is 5.40. The van der Waals surface area contributed by atoms with E-state index in [1.54, 1.807) is 4.31 Å². The van der Waals surface area contributed by atoms with Crippen LogP contribution in [0.5, 0.6) is 0 Å². The van der Waals surface area contributed by atoms with Gasteiger partial charge in [0.25, 0.3) is 10.0 Å². The lowest BCUT2D eigenvalue weighted by molar-refractivity contribution is 0.443. The van der Waals surface area contributed by atoms with E-state index in [2.05, 4.69) is 16.9 Å². The number of aromatic nitrogens is 2. The predicted molar refractivity (Wildman–Crippen MR) is 69.7 cm³/mol. The zero-order chi connectivity index (χ0) is 13.2. The number of imidazole rings is 1. The molecule has 1 fully saturated rings. The minimum absolute atomic E-state index is 0.233. The Bertz CT molecular complexity index is 495. The molecule has 1 saturated heterocycles. The summed E-state index contributed by atoms with van der Waals surface area (Å²) in [6.07, 6.45) is 5.34. The first-order valence-electron chi connectivity index (χ1n) is 6.62. The van der Waals surface area contributed by atoms with Gasteiger partial charge in [0.15, 0.2) is 5.03 Å². The Morgan fingerprint density at radius 2 is 2.28 bits per heavy atom. The zero-order valence-corrected chi connectivity index (χ0v) is 11.8. The van der Waals surface area contributed by atoms with E-state index >= 15 is 0 Å². The largest absolute Gasteiger partial charge is 0.332 e.